The number of amides is 1. The number of likely N-dealkylation sites (tertiary alicyclic amines) is 1. The molecule has 0 spiro atoms. The summed E-state index contributed by atoms with van der Waals surface area (Å²) in [6.07, 6.45) is 0.0606. The van der Waals surface area contributed by atoms with Gasteiger partial charge in [-0.15, -0.1) is 0 Å². The number of allylic oxidation sites excluding steroid dienone is 1. The second kappa shape index (κ2) is 13.1. The molecule has 0 unspecified atom stereocenters. The highest BCUT2D eigenvalue weighted by Crippen LogP contribution is 2.36. The predicted molar refractivity (Wildman–Crippen MR) is 156 cm³/mol. The zero-order chi connectivity index (χ0) is 31.4. The van der Waals surface area contributed by atoms with Gasteiger partial charge >= 0.3 is 18.2 Å². The molecule has 2 aromatic heterocycles. The number of aryl methyl sites for hydroxylation is 1. The van der Waals surface area contributed by atoms with Gasteiger partial charge in [0.2, 0.25) is 0 Å². The van der Waals surface area contributed by atoms with E-state index >= 15 is 0 Å². The van der Waals surface area contributed by atoms with Crippen LogP contribution in [0.5, 0.6) is 5.75 Å². The van der Waals surface area contributed by atoms with E-state index in [1.54, 1.807) is 12.1 Å². The minimum atomic E-state index is -4.86. The van der Waals surface area contributed by atoms with Crippen molar-refractivity contribution >= 4 is 17.6 Å². The van der Waals surface area contributed by atoms with Crippen LogP contribution in [0.4, 0.5) is 18.0 Å². The Hall–Kier alpha value is -4.35. The first-order valence-corrected chi connectivity index (χ1v) is 14.8. The fourth-order valence-corrected chi connectivity index (χ4v) is 5.96. The van der Waals surface area contributed by atoms with E-state index in [0.29, 0.717) is 42.4 Å². The topological polar surface area (TPSA) is 107 Å². The molecule has 1 N–H and O–H groups in total. The quantitative estimate of drug-likeness (QED) is 0.272. The maximum Gasteiger partial charge on any atom is 0.434 e. The average Bonchev–Trinajstić information content (AvgIpc) is 3.48. The number of rotatable bonds is 8. The third kappa shape index (κ3) is 6.74. The van der Waals surface area contributed by atoms with Gasteiger partial charge in [0.25, 0.3) is 0 Å². The predicted octanol–water partition coefficient (Wildman–Crippen LogP) is 7.04. The normalized spacial score (nSPS) is 16.2. The lowest BCUT2D eigenvalue weighted by atomic mass is 9.88. The smallest absolute Gasteiger partial charge is 0.434 e. The molecule has 1 saturated heterocycles. The molecule has 3 heterocycles. The molecule has 1 aromatic carbocycles. The zero-order valence-corrected chi connectivity index (χ0v) is 24.7. The minimum absolute atomic E-state index is 0.0515. The first kappa shape index (κ1) is 31.1. The number of esters is 1. The van der Waals surface area contributed by atoms with Gasteiger partial charge < -0.3 is 19.5 Å². The Morgan fingerprint density at radius 1 is 1.09 bits per heavy atom. The summed E-state index contributed by atoms with van der Waals surface area (Å²) >= 11 is 0. The van der Waals surface area contributed by atoms with Crippen LogP contribution >= 0.6 is 0 Å². The maximum absolute atomic E-state index is 14.1. The van der Waals surface area contributed by atoms with Gasteiger partial charge in [-0.1, -0.05) is 18.2 Å². The summed E-state index contributed by atoms with van der Waals surface area (Å²) in [5.41, 5.74) is 2.77. The maximum atomic E-state index is 14.1. The molecule has 5 rings (SSSR count). The second-order valence-electron chi connectivity index (χ2n) is 11.1. The highest BCUT2D eigenvalue weighted by molar-refractivity contribution is 5.90. The Morgan fingerprint density at radius 3 is 2.52 bits per heavy atom. The molecule has 234 valence electrons. The number of carboxylic acid groups (broad SMARTS) is 1. The number of ether oxygens (including phenoxy) is 2. The van der Waals surface area contributed by atoms with Crippen LogP contribution < -0.4 is 4.74 Å². The molecule has 2 aliphatic rings. The van der Waals surface area contributed by atoms with Crippen molar-refractivity contribution in [1.29, 1.82) is 0 Å². The summed E-state index contributed by atoms with van der Waals surface area (Å²) in [5.74, 6) is -0.105. The second-order valence-corrected chi connectivity index (χ2v) is 11.1. The summed E-state index contributed by atoms with van der Waals surface area (Å²) < 4.78 is 53.9. The van der Waals surface area contributed by atoms with Crippen molar-refractivity contribution in [2.75, 3.05) is 26.3 Å². The summed E-state index contributed by atoms with van der Waals surface area (Å²) in [7, 11) is 0. The monoisotopic (exact) mass is 612 g/mol. The highest BCUT2D eigenvalue weighted by atomic mass is 19.4. The largest absolute Gasteiger partial charge is 0.489 e. The van der Waals surface area contributed by atoms with Crippen LogP contribution in [0.15, 0.2) is 48.2 Å². The summed E-state index contributed by atoms with van der Waals surface area (Å²) in [6, 6.07) is 10.9. The molecule has 0 saturated carbocycles. The fourth-order valence-electron chi connectivity index (χ4n) is 5.96. The van der Waals surface area contributed by atoms with Crippen molar-refractivity contribution in [2.24, 2.45) is 0 Å². The van der Waals surface area contributed by atoms with Crippen LogP contribution in [0, 0.1) is 6.92 Å². The van der Waals surface area contributed by atoms with Gasteiger partial charge in [0.05, 0.1) is 18.5 Å². The molecule has 9 nitrogen and oxygen atoms in total. The van der Waals surface area contributed by atoms with Crippen LogP contribution in [0.2, 0.25) is 0 Å². The van der Waals surface area contributed by atoms with E-state index in [2.05, 4.69) is 16.1 Å². The van der Waals surface area contributed by atoms with Crippen LogP contribution in [-0.4, -0.2) is 63.1 Å². The third-order valence-electron chi connectivity index (χ3n) is 8.21. The summed E-state index contributed by atoms with van der Waals surface area (Å²) in [5, 5.41) is 13.1. The van der Waals surface area contributed by atoms with E-state index in [1.165, 1.54) is 23.5 Å². The Labute approximate surface area is 253 Å². The molecular formula is C32H35F3N4O5. The number of hydrogen-bond donors (Lipinski definition) is 1. The molecule has 12 heteroatoms. The van der Waals surface area contributed by atoms with E-state index in [-0.39, 0.29) is 12.4 Å². The summed E-state index contributed by atoms with van der Waals surface area (Å²) in [6.45, 7) is 4.80. The number of halogens is 3. The average molecular weight is 613 g/mol. The molecule has 3 aromatic rings. The van der Waals surface area contributed by atoms with Crippen molar-refractivity contribution in [3.8, 4) is 11.6 Å². The molecule has 1 aliphatic carbocycles. The lowest BCUT2D eigenvalue weighted by Crippen LogP contribution is -2.36. The van der Waals surface area contributed by atoms with Crippen molar-refractivity contribution in [3.63, 3.8) is 0 Å². The SMILES string of the molecule is CCOC(=O)c1cnn(-c2cccc(C3=C(COc4ccc(C5CCN(C(=O)O)CC5)cc4C)CCCC3)n2)c1C(F)(F)F. The molecule has 1 amide bonds. The first-order valence-electron chi connectivity index (χ1n) is 14.8. The first-order chi connectivity index (χ1) is 21.1. The van der Waals surface area contributed by atoms with Gasteiger partial charge in [0, 0.05) is 13.1 Å². The van der Waals surface area contributed by atoms with E-state index in [0.717, 1.165) is 60.8 Å². The van der Waals surface area contributed by atoms with E-state index in [4.69, 9.17) is 9.47 Å². The Bertz CT molecular complexity index is 1560. The fraction of sp³-hybridized carbons (Fsp3) is 0.438. The van der Waals surface area contributed by atoms with Gasteiger partial charge in [-0.2, -0.15) is 18.3 Å². The molecule has 44 heavy (non-hydrogen) atoms. The number of pyridine rings is 1. The highest BCUT2D eigenvalue weighted by Gasteiger charge is 2.41. The number of nitrogens with zero attached hydrogens (tertiary/aromatic N) is 4. The third-order valence-corrected chi connectivity index (χ3v) is 8.21. The van der Waals surface area contributed by atoms with Crippen molar-refractivity contribution in [1.82, 2.24) is 19.7 Å². The Balaban J connectivity index is 1.36. The molecular weight excluding hydrogens is 577 g/mol. The van der Waals surface area contributed by atoms with E-state index in [1.807, 2.05) is 19.1 Å². The molecule has 0 bridgehead atoms. The van der Waals surface area contributed by atoms with Gasteiger partial charge in [-0.3, -0.25) is 0 Å². The number of alkyl halides is 3. The number of benzene rings is 1. The molecule has 0 radical (unpaired) electrons. The standard InChI is InChI=1S/C32H35F3N4O5/c1-3-43-30(40)25-18-36-39(29(25)32(33,34)35)28-10-6-9-26(37-28)24-8-5-4-7-23(24)19-44-27-12-11-22(17-20(27)2)21-13-15-38(16-14-21)31(41)42/h6,9-12,17-18,21H,3-5,7-8,13-16,19H2,1-2H3,(H,41,42). The van der Waals surface area contributed by atoms with Crippen LogP contribution in [0.1, 0.15) is 84.2 Å². The van der Waals surface area contributed by atoms with Crippen molar-refractivity contribution < 1.29 is 37.3 Å². The van der Waals surface area contributed by atoms with Crippen molar-refractivity contribution in [2.45, 2.75) is 64.5 Å². The lowest BCUT2D eigenvalue weighted by molar-refractivity contribution is -0.143. The number of carbonyl (C=O) groups excluding carboxylic acids is 1. The molecule has 0 atom stereocenters. The molecule has 1 fully saturated rings. The Kier molecular flexibility index (Phi) is 9.26. The van der Waals surface area contributed by atoms with E-state index < -0.39 is 29.5 Å². The lowest BCUT2D eigenvalue weighted by Gasteiger charge is -2.30. The number of piperidine rings is 1. The van der Waals surface area contributed by atoms with Crippen LogP contribution in [0.25, 0.3) is 11.4 Å². The summed E-state index contributed by atoms with van der Waals surface area (Å²) in [4.78, 5) is 29.5. The van der Waals surface area contributed by atoms with Gasteiger partial charge in [0.15, 0.2) is 11.5 Å². The number of carbonyl (C=O) groups is 2. The number of hydrogen-bond acceptors (Lipinski definition) is 6. The molecule has 1 aliphatic heterocycles. The van der Waals surface area contributed by atoms with Gasteiger partial charge in [0.1, 0.15) is 17.9 Å². The van der Waals surface area contributed by atoms with E-state index in [9.17, 15) is 27.9 Å². The zero-order valence-electron chi connectivity index (χ0n) is 24.7. The van der Waals surface area contributed by atoms with Gasteiger partial charge in [-0.25, -0.2) is 19.3 Å². The van der Waals surface area contributed by atoms with Gasteiger partial charge in [-0.05, 0) is 98.8 Å². The van der Waals surface area contributed by atoms with Crippen molar-refractivity contribution in [3.05, 3.63) is 76.2 Å². The van der Waals surface area contributed by atoms with Crippen LogP contribution in [0.3, 0.4) is 0 Å². The van der Waals surface area contributed by atoms with Crippen LogP contribution in [-0.2, 0) is 10.9 Å². The number of aromatic nitrogens is 3. The minimum Gasteiger partial charge on any atom is -0.489 e. The Morgan fingerprint density at radius 2 is 1.84 bits per heavy atom.